The molecule has 4 rings (SSSR count). The summed E-state index contributed by atoms with van der Waals surface area (Å²) in [6.07, 6.45) is 2.75. The van der Waals surface area contributed by atoms with E-state index in [9.17, 15) is 0 Å². The summed E-state index contributed by atoms with van der Waals surface area (Å²) in [4.78, 5) is 15.2. The van der Waals surface area contributed by atoms with Crippen LogP contribution in [0.15, 0.2) is 30.5 Å². The number of nitrogens with two attached hydrogens (primary N) is 3. The lowest BCUT2D eigenvalue weighted by atomic mass is 9.92. The van der Waals surface area contributed by atoms with Crippen LogP contribution in [0.1, 0.15) is 22.3 Å². The zero-order valence-corrected chi connectivity index (χ0v) is 16.6. The number of rotatable bonds is 4. The summed E-state index contributed by atoms with van der Waals surface area (Å²) < 4.78 is 5.81. The fourth-order valence-corrected chi connectivity index (χ4v) is 3.71. The second-order valence-corrected chi connectivity index (χ2v) is 7.48. The van der Waals surface area contributed by atoms with Gasteiger partial charge in [0.25, 0.3) is 5.88 Å². The number of aromatic nitrogens is 3. The summed E-state index contributed by atoms with van der Waals surface area (Å²) in [7, 11) is 2.14. The number of pyridine rings is 1. The summed E-state index contributed by atoms with van der Waals surface area (Å²) in [6.45, 7) is 4.37. The molecule has 0 atom stereocenters. The standard InChI is InChI=1S/C21H25N7O/c1-12-5-14(8-15-10-28(2)4-3-16(12)15)17-9-25-20(24)21(26-17)29-11-13-6-18(22)27-19(23)7-13/h5-9H,3-4,10-11H2,1-2H3,(H2,24,25)(H4,22,23,27). The number of aryl methyl sites for hydroxylation is 1. The van der Waals surface area contributed by atoms with Crippen molar-refractivity contribution in [3.8, 4) is 17.1 Å². The first-order valence-corrected chi connectivity index (χ1v) is 9.47. The van der Waals surface area contributed by atoms with Crippen molar-refractivity contribution >= 4 is 17.5 Å². The molecule has 150 valence electrons. The molecule has 0 unspecified atom stereocenters. The number of anilines is 3. The van der Waals surface area contributed by atoms with Crippen molar-refractivity contribution < 1.29 is 4.74 Å². The lowest BCUT2D eigenvalue weighted by Gasteiger charge is -2.27. The van der Waals surface area contributed by atoms with Crippen molar-refractivity contribution in [2.45, 2.75) is 26.5 Å². The van der Waals surface area contributed by atoms with Gasteiger partial charge in [0.1, 0.15) is 18.2 Å². The number of nitrogen functional groups attached to an aromatic ring is 3. The third-order valence-electron chi connectivity index (χ3n) is 5.11. The van der Waals surface area contributed by atoms with Gasteiger partial charge in [-0.25, -0.2) is 15.0 Å². The van der Waals surface area contributed by atoms with Gasteiger partial charge in [-0.3, -0.25) is 0 Å². The fraction of sp³-hybridized carbons (Fsp3) is 0.286. The van der Waals surface area contributed by atoms with Crippen LogP contribution < -0.4 is 21.9 Å². The minimum absolute atomic E-state index is 0.216. The van der Waals surface area contributed by atoms with Crippen LogP contribution in [0.25, 0.3) is 11.3 Å². The molecule has 0 saturated heterocycles. The number of hydrogen-bond donors (Lipinski definition) is 3. The van der Waals surface area contributed by atoms with Crippen LogP contribution in [0.5, 0.6) is 5.88 Å². The van der Waals surface area contributed by atoms with Crippen molar-refractivity contribution in [1.29, 1.82) is 0 Å². The van der Waals surface area contributed by atoms with Crippen LogP contribution in [-0.2, 0) is 19.6 Å². The molecule has 0 fully saturated rings. The summed E-state index contributed by atoms with van der Waals surface area (Å²) in [5.41, 5.74) is 24.0. The van der Waals surface area contributed by atoms with Crippen molar-refractivity contribution in [1.82, 2.24) is 19.9 Å². The van der Waals surface area contributed by atoms with E-state index in [-0.39, 0.29) is 18.3 Å². The lowest BCUT2D eigenvalue weighted by Crippen LogP contribution is -2.27. The summed E-state index contributed by atoms with van der Waals surface area (Å²) in [5, 5.41) is 0. The van der Waals surface area contributed by atoms with Crippen molar-refractivity contribution in [3.05, 3.63) is 52.7 Å². The molecule has 2 aromatic heterocycles. The van der Waals surface area contributed by atoms with Crippen LogP contribution in [0.3, 0.4) is 0 Å². The highest BCUT2D eigenvalue weighted by Crippen LogP contribution is 2.30. The van der Waals surface area contributed by atoms with Gasteiger partial charge < -0.3 is 26.8 Å². The molecule has 0 radical (unpaired) electrons. The van der Waals surface area contributed by atoms with Gasteiger partial charge >= 0.3 is 0 Å². The number of ether oxygens (including phenoxy) is 1. The van der Waals surface area contributed by atoms with Crippen LogP contribution >= 0.6 is 0 Å². The van der Waals surface area contributed by atoms with Crippen LogP contribution in [0.4, 0.5) is 17.5 Å². The Kier molecular flexibility index (Phi) is 4.94. The first-order chi connectivity index (χ1) is 13.9. The van der Waals surface area contributed by atoms with Gasteiger partial charge in [-0.05, 0) is 66.9 Å². The van der Waals surface area contributed by atoms with Gasteiger partial charge in [0.05, 0.1) is 11.9 Å². The summed E-state index contributed by atoms with van der Waals surface area (Å²) >= 11 is 0. The SMILES string of the molecule is Cc1cc(-c2cnc(N)c(OCc3cc(N)nc(N)c3)n2)cc2c1CCN(C)C2. The Morgan fingerprint density at radius 2 is 1.83 bits per heavy atom. The Labute approximate surface area is 169 Å². The second-order valence-electron chi connectivity index (χ2n) is 7.48. The minimum atomic E-state index is 0.216. The normalized spacial score (nSPS) is 13.9. The zero-order chi connectivity index (χ0) is 20.5. The highest BCUT2D eigenvalue weighted by molar-refractivity contribution is 5.64. The molecule has 1 aliphatic rings. The molecule has 8 nitrogen and oxygen atoms in total. The smallest absolute Gasteiger partial charge is 0.258 e. The molecule has 0 amide bonds. The molecule has 29 heavy (non-hydrogen) atoms. The quantitative estimate of drug-likeness (QED) is 0.617. The van der Waals surface area contributed by atoms with Gasteiger partial charge in [-0.2, -0.15) is 0 Å². The minimum Gasteiger partial charge on any atom is -0.470 e. The molecule has 0 spiro atoms. The average Bonchev–Trinajstić information content (AvgIpc) is 2.66. The molecule has 8 heteroatoms. The van der Waals surface area contributed by atoms with E-state index < -0.39 is 0 Å². The summed E-state index contributed by atoms with van der Waals surface area (Å²) in [6, 6.07) is 7.74. The number of likely N-dealkylation sites (N-methyl/N-ethyl adjacent to an activating group) is 1. The molecule has 6 N–H and O–H groups in total. The molecular formula is C21H25N7O. The Bertz CT molecular complexity index is 1050. The molecular weight excluding hydrogens is 366 g/mol. The second kappa shape index (κ2) is 7.56. The van der Waals surface area contributed by atoms with Gasteiger partial charge in [0.2, 0.25) is 0 Å². The van der Waals surface area contributed by atoms with Gasteiger partial charge in [0.15, 0.2) is 5.82 Å². The van der Waals surface area contributed by atoms with E-state index in [1.165, 1.54) is 16.7 Å². The van der Waals surface area contributed by atoms with Crippen molar-refractivity contribution in [2.24, 2.45) is 0 Å². The largest absolute Gasteiger partial charge is 0.470 e. The van der Waals surface area contributed by atoms with E-state index in [0.717, 1.165) is 36.3 Å². The first kappa shape index (κ1) is 18.9. The van der Waals surface area contributed by atoms with Crippen molar-refractivity contribution in [2.75, 3.05) is 30.8 Å². The van der Waals surface area contributed by atoms with E-state index in [1.807, 2.05) is 0 Å². The number of benzene rings is 1. The molecule has 1 aromatic carbocycles. The maximum absolute atomic E-state index is 5.98. The molecule has 3 heterocycles. The molecule has 0 bridgehead atoms. The van der Waals surface area contributed by atoms with Crippen LogP contribution in [0.2, 0.25) is 0 Å². The van der Waals surface area contributed by atoms with Crippen LogP contribution in [-0.4, -0.2) is 33.4 Å². The predicted octanol–water partition coefficient (Wildman–Crippen LogP) is 2.16. The molecule has 0 aliphatic carbocycles. The van der Waals surface area contributed by atoms with E-state index >= 15 is 0 Å². The van der Waals surface area contributed by atoms with Crippen molar-refractivity contribution in [3.63, 3.8) is 0 Å². The Balaban J connectivity index is 1.61. The maximum atomic E-state index is 5.98. The van der Waals surface area contributed by atoms with E-state index in [2.05, 4.69) is 46.0 Å². The number of nitrogens with zero attached hydrogens (tertiary/aromatic N) is 4. The third kappa shape index (κ3) is 4.07. The summed E-state index contributed by atoms with van der Waals surface area (Å²) in [5.74, 6) is 1.19. The molecule has 1 aliphatic heterocycles. The van der Waals surface area contributed by atoms with E-state index in [1.54, 1.807) is 18.3 Å². The fourth-order valence-electron chi connectivity index (χ4n) is 3.71. The van der Waals surface area contributed by atoms with E-state index in [4.69, 9.17) is 21.9 Å². The average molecular weight is 391 g/mol. The van der Waals surface area contributed by atoms with Gasteiger partial charge in [-0.1, -0.05) is 0 Å². The first-order valence-electron chi connectivity index (χ1n) is 9.47. The topological polar surface area (TPSA) is 129 Å². The third-order valence-corrected chi connectivity index (χ3v) is 5.11. The van der Waals surface area contributed by atoms with E-state index in [0.29, 0.717) is 11.6 Å². The highest BCUT2D eigenvalue weighted by Gasteiger charge is 2.17. The Hall–Kier alpha value is -3.39. The predicted molar refractivity (Wildman–Crippen MR) is 114 cm³/mol. The van der Waals surface area contributed by atoms with Gasteiger partial charge in [-0.15, -0.1) is 0 Å². The number of hydrogen-bond acceptors (Lipinski definition) is 8. The Morgan fingerprint density at radius 3 is 2.59 bits per heavy atom. The monoisotopic (exact) mass is 391 g/mol. The zero-order valence-electron chi connectivity index (χ0n) is 16.6. The highest BCUT2D eigenvalue weighted by atomic mass is 16.5. The maximum Gasteiger partial charge on any atom is 0.258 e. The molecule has 0 saturated carbocycles. The van der Waals surface area contributed by atoms with Crippen LogP contribution in [0, 0.1) is 6.92 Å². The Morgan fingerprint density at radius 1 is 1.07 bits per heavy atom. The van der Waals surface area contributed by atoms with Gasteiger partial charge in [0, 0.05) is 18.7 Å². The lowest BCUT2D eigenvalue weighted by molar-refractivity contribution is 0.295. The molecule has 3 aromatic rings. The number of fused-ring (bicyclic) bond motifs is 1.